The summed E-state index contributed by atoms with van der Waals surface area (Å²) in [4.78, 5) is 0. The molecule has 2 heteroatoms. The van der Waals surface area contributed by atoms with Gasteiger partial charge in [-0.2, -0.15) is 0 Å². The van der Waals surface area contributed by atoms with Crippen molar-refractivity contribution in [1.29, 1.82) is 0 Å². The second-order valence-electron chi connectivity index (χ2n) is 4.18. The van der Waals surface area contributed by atoms with E-state index >= 15 is 0 Å². The third-order valence-electron chi connectivity index (χ3n) is 3.06. The Labute approximate surface area is 96.9 Å². The molecule has 0 radical (unpaired) electrons. The number of aryl methyl sites for hydroxylation is 1. The molecule has 0 spiro atoms. The molecule has 0 N–H and O–H groups in total. The maximum atomic E-state index is 5.27. The lowest BCUT2D eigenvalue weighted by molar-refractivity contribution is 0.331. The molecular weight excluding hydrogens is 200 g/mol. The van der Waals surface area contributed by atoms with Crippen molar-refractivity contribution in [3.05, 3.63) is 41.2 Å². The second kappa shape index (κ2) is 5.06. The van der Waals surface area contributed by atoms with Crippen LogP contribution < -0.4 is 4.74 Å². The van der Waals surface area contributed by atoms with Crippen LogP contribution in [0.5, 0.6) is 5.75 Å². The average Bonchev–Trinajstić information content (AvgIpc) is 2.50. The van der Waals surface area contributed by atoms with Gasteiger partial charge in [0.2, 0.25) is 0 Å². The summed E-state index contributed by atoms with van der Waals surface area (Å²) in [6.07, 6.45) is 6.36. The Balaban J connectivity index is 2.30. The van der Waals surface area contributed by atoms with Gasteiger partial charge in [-0.3, -0.25) is 0 Å². The lowest BCUT2D eigenvalue weighted by Crippen LogP contribution is -1.94. The SMILES string of the molecule is COC=C1CCCc2ccc(OC)cc2C1. The highest BCUT2D eigenvalue weighted by Crippen LogP contribution is 2.27. The van der Waals surface area contributed by atoms with Crippen LogP contribution in [0, 0.1) is 0 Å². The fourth-order valence-corrected chi connectivity index (χ4v) is 2.24. The molecule has 1 aromatic rings. The minimum atomic E-state index is 0.942. The third-order valence-corrected chi connectivity index (χ3v) is 3.06. The van der Waals surface area contributed by atoms with Gasteiger partial charge in [-0.05, 0) is 54.5 Å². The Morgan fingerprint density at radius 1 is 1.12 bits per heavy atom. The fraction of sp³-hybridized carbons (Fsp3) is 0.429. The van der Waals surface area contributed by atoms with Crippen molar-refractivity contribution >= 4 is 0 Å². The van der Waals surface area contributed by atoms with Crippen molar-refractivity contribution < 1.29 is 9.47 Å². The summed E-state index contributed by atoms with van der Waals surface area (Å²) >= 11 is 0. The molecule has 0 saturated heterocycles. The summed E-state index contributed by atoms with van der Waals surface area (Å²) in [6.45, 7) is 0. The Morgan fingerprint density at radius 3 is 2.75 bits per heavy atom. The Kier molecular flexibility index (Phi) is 3.50. The first-order valence-corrected chi connectivity index (χ1v) is 5.70. The van der Waals surface area contributed by atoms with Crippen molar-refractivity contribution in [2.24, 2.45) is 0 Å². The highest BCUT2D eigenvalue weighted by atomic mass is 16.5. The minimum Gasteiger partial charge on any atom is -0.504 e. The number of ether oxygens (including phenoxy) is 2. The van der Waals surface area contributed by atoms with Gasteiger partial charge in [0.15, 0.2) is 0 Å². The Morgan fingerprint density at radius 2 is 2.00 bits per heavy atom. The Bertz CT molecular complexity index is 394. The van der Waals surface area contributed by atoms with Crippen molar-refractivity contribution in [2.75, 3.05) is 14.2 Å². The summed E-state index contributed by atoms with van der Waals surface area (Å²) < 4.78 is 10.4. The van der Waals surface area contributed by atoms with E-state index in [4.69, 9.17) is 9.47 Å². The van der Waals surface area contributed by atoms with Crippen molar-refractivity contribution in [3.63, 3.8) is 0 Å². The molecule has 2 nitrogen and oxygen atoms in total. The van der Waals surface area contributed by atoms with Crippen LogP contribution in [0.1, 0.15) is 24.0 Å². The van der Waals surface area contributed by atoms with E-state index in [0.29, 0.717) is 0 Å². The van der Waals surface area contributed by atoms with E-state index < -0.39 is 0 Å². The number of benzene rings is 1. The van der Waals surface area contributed by atoms with Crippen LogP contribution in [0.4, 0.5) is 0 Å². The van der Waals surface area contributed by atoms with Gasteiger partial charge in [0.05, 0.1) is 20.5 Å². The molecule has 0 heterocycles. The number of hydrogen-bond acceptors (Lipinski definition) is 2. The lowest BCUT2D eigenvalue weighted by Gasteiger charge is -2.08. The topological polar surface area (TPSA) is 18.5 Å². The molecule has 0 aromatic heterocycles. The van der Waals surface area contributed by atoms with E-state index in [0.717, 1.165) is 25.0 Å². The van der Waals surface area contributed by atoms with E-state index in [-0.39, 0.29) is 0 Å². The molecule has 1 aromatic carbocycles. The van der Waals surface area contributed by atoms with Gasteiger partial charge in [0.25, 0.3) is 0 Å². The second-order valence-corrected chi connectivity index (χ2v) is 4.18. The quantitative estimate of drug-likeness (QED) is 0.561. The highest BCUT2D eigenvalue weighted by molar-refractivity contribution is 5.39. The summed E-state index contributed by atoms with van der Waals surface area (Å²) in [6, 6.07) is 6.37. The van der Waals surface area contributed by atoms with E-state index in [2.05, 4.69) is 12.1 Å². The van der Waals surface area contributed by atoms with Gasteiger partial charge in [-0.15, -0.1) is 0 Å². The first kappa shape index (κ1) is 11.1. The van der Waals surface area contributed by atoms with Gasteiger partial charge < -0.3 is 9.47 Å². The third kappa shape index (κ3) is 2.38. The fourth-order valence-electron chi connectivity index (χ4n) is 2.24. The van der Waals surface area contributed by atoms with Gasteiger partial charge in [-0.25, -0.2) is 0 Å². The van der Waals surface area contributed by atoms with E-state index in [1.54, 1.807) is 14.2 Å². The van der Waals surface area contributed by atoms with Crippen molar-refractivity contribution in [3.8, 4) is 5.75 Å². The van der Waals surface area contributed by atoms with E-state index in [9.17, 15) is 0 Å². The molecule has 0 amide bonds. The van der Waals surface area contributed by atoms with Crippen LogP contribution in [-0.4, -0.2) is 14.2 Å². The molecule has 86 valence electrons. The van der Waals surface area contributed by atoms with E-state index in [1.807, 2.05) is 12.3 Å². The molecule has 16 heavy (non-hydrogen) atoms. The first-order valence-electron chi connectivity index (χ1n) is 5.70. The standard InChI is InChI=1S/C14H18O2/c1-15-10-11-4-3-5-12-6-7-14(16-2)9-13(12)8-11/h6-7,9-10H,3-5,8H2,1-2H3. The average molecular weight is 218 g/mol. The molecule has 0 unspecified atom stereocenters. The molecule has 0 atom stereocenters. The molecule has 0 saturated carbocycles. The summed E-state index contributed by atoms with van der Waals surface area (Å²) in [5.74, 6) is 0.942. The predicted molar refractivity (Wildman–Crippen MR) is 64.7 cm³/mol. The molecule has 2 rings (SSSR count). The monoisotopic (exact) mass is 218 g/mol. The number of fused-ring (bicyclic) bond motifs is 1. The summed E-state index contributed by atoms with van der Waals surface area (Å²) in [5.41, 5.74) is 4.19. The highest BCUT2D eigenvalue weighted by Gasteiger charge is 2.12. The number of hydrogen-bond donors (Lipinski definition) is 0. The van der Waals surface area contributed by atoms with Gasteiger partial charge >= 0.3 is 0 Å². The zero-order chi connectivity index (χ0) is 11.4. The first-order chi connectivity index (χ1) is 7.83. The van der Waals surface area contributed by atoms with Crippen molar-refractivity contribution in [2.45, 2.75) is 25.7 Å². The van der Waals surface area contributed by atoms with Crippen LogP contribution >= 0.6 is 0 Å². The van der Waals surface area contributed by atoms with Crippen LogP contribution in [-0.2, 0) is 17.6 Å². The van der Waals surface area contributed by atoms with Crippen LogP contribution in [0.3, 0.4) is 0 Å². The van der Waals surface area contributed by atoms with Crippen molar-refractivity contribution in [1.82, 2.24) is 0 Å². The summed E-state index contributed by atoms with van der Waals surface area (Å²) in [5, 5.41) is 0. The largest absolute Gasteiger partial charge is 0.504 e. The molecule has 0 fully saturated rings. The normalized spacial score (nSPS) is 17.8. The molecule has 0 bridgehead atoms. The smallest absolute Gasteiger partial charge is 0.119 e. The van der Waals surface area contributed by atoms with Gasteiger partial charge in [0.1, 0.15) is 5.75 Å². The predicted octanol–water partition coefficient (Wildman–Crippen LogP) is 3.10. The van der Waals surface area contributed by atoms with Crippen LogP contribution in [0.2, 0.25) is 0 Å². The van der Waals surface area contributed by atoms with Crippen LogP contribution in [0.15, 0.2) is 30.0 Å². The Hall–Kier alpha value is -1.44. The van der Waals surface area contributed by atoms with Gasteiger partial charge in [0, 0.05) is 0 Å². The zero-order valence-electron chi connectivity index (χ0n) is 9.95. The molecule has 1 aliphatic rings. The molecule has 1 aliphatic carbocycles. The number of methoxy groups -OCH3 is 2. The number of allylic oxidation sites excluding steroid dienone is 1. The van der Waals surface area contributed by atoms with E-state index in [1.165, 1.54) is 23.1 Å². The molecular formula is C14H18O2. The van der Waals surface area contributed by atoms with Crippen LogP contribution in [0.25, 0.3) is 0 Å². The van der Waals surface area contributed by atoms with Gasteiger partial charge in [-0.1, -0.05) is 6.07 Å². The molecule has 0 aliphatic heterocycles. The maximum Gasteiger partial charge on any atom is 0.119 e. The zero-order valence-corrected chi connectivity index (χ0v) is 9.95. The lowest BCUT2D eigenvalue weighted by atomic mass is 10.0. The minimum absolute atomic E-state index is 0.942. The number of rotatable bonds is 2. The summed E-state index contributed by atoms with van der Waals surface area (Å²) in [7, 11) is 3.43. The maximum absolute atomic E-state index is 5.27.